The maximum absolute atomic E-state index is 12.0. The Morgan fingerprint density at radius 2 is 2.27 bits per heavy atom. The maximum Gasteiger partial charge on any atom is 0.223 e. The lowest BCUT2D eigenvalue weighted by Gasteiger charge is -2.23. The molecule has 3 N–H and O–H groups in total. The molecule has 86 valence electrons. The van der Waals surface area contributed by atoms with Crippen LogP contribution in [0.25, 0.3) is 0 Å². The molecule has 0 aromatic heterocycles. The number of nitrogens with one attached hydrogen (secondary N) is 1. The van der Waals surface area contributed by atoms with E-state index in [9.17, 15) is 4.79 Å². The van der Waals surface area contributed by atoms with Gasteiger partial charge in [0, 0.05) is 18.5 Å². The van der Waals surface area contributed by atoms with Crippen molar-refractivity contribution in [2.75, 3.05) is 6.54 Å². The first-order valence-electron chi connectivity index (χ1n) is 6.25. The minimum atomic E-state index is 0.177. The predicted molar refractivity (Wildman–Crippen MR) is 60.2 cm³/mol. The second-order valence-electron chi connectivity index (χ2n) is 5.13. The van der Waals surface area contributed by atoms with Gasteiger partial charge >= 0.3 is 0 Å². The van der Waals surface area contributed by atoms with E-state index in [0.29, 0.717) is 18.4 Å². The molecule has 0 radical (unpaired) electrons. The number of carbonyl (C=O) groups excluding carboxylic acids is 1. The molecule has 0 aromatic rings. The van der Waals surface area contributed by atoms with Crippen LogP contribution in [-0.2, 0) is 4.79 Å². The second kappa shape index (κ2) is 4.52. The van der Waals surface area contributed by atoms with Crippen LogP contribution < -0.4 is 11.1 Å². The van der Waals surface area contributed by atoms with E-state index in [0.717, 1.165) is 18.8 Å². The number of fused-ring (bicyclic) bond motifs is 2. The Morgan fingerprint density at radius 1 is 1.47 bits per heavy atom. The monoisotopic (exact) mass is 210 g/mol. The van der Waals surface area contributed by atoms with Gasteiger partial charge in [0.25, 0.3) is 0 Å². The van der Waals surface area contributed by atoms with E-state index in [2.05, 4.69) is 12.2 Å². The van der Waals surface area contributed by atoms with E-state index >= 15 is 0 Å². The third-order valence-corrected chi connectivity index (χ3v) is 4.20. The summed E-state index contributed by atoms with van der Waals surface area (Å²) >= 11 is 0. The Morgan fingerprint density at radius 3 is 2.73 bits per heavy atom. The van der Waals surface area contributed by atoms with Gasteiger partial charge in [-0.05, 0) is 37.5 Å². The van der Waals surface area contributed by atoms with Gasteiger partial charge in [0.15, 0.2) is 0 Å². The van der Waals surface area contributed by atoms with Crippen molar-refractivity contribution in [3.63, 3.8) is 0 Å². The Bertz CT molecular complexity index is 238. The molecule has 4 atom stereocenters. The van der Waals surface area contributed by atoms with Crippen LogP contribution in [0.3, 0.4) is 0 Å². The van der Waals surface area contributed by atoms with E-state index in [1.807, 2.05) is 0 Å². The molecule has 0 heterocycles. The number of rotatable bonds is 4. The Balaban J connectivity index is 1.86. The number of hydrogen-bond donors (Lipinski definition) is 2. The molecular weight excluding hydrogens is 188 g/mol. The molecule has 2 aliphatic rings. The molecule has 2 aliphatic carbocycles. The van der Waals surface area contributed by atoms with Crippen LogP contribution in [0.1, 0.15) is 39.0 Å². The molecule has 2 fully saturated rings. The quantitative estimate of drug-likeness (QED) is 0.734. The summed E-state index contributed by atoms with van der Waals surface area (Å²) in [6.07, 6.45) is 5.96. The van der Waals surface area contributed by atoms with Gasteiger partial charge in [-0.2, -0.15) is 0 Å². The van der Waals surface area contributed by atoms with E-state index in [-0.39, 0.29) is 11.9 Å². The summed E-state index contributed by atoms with van der Waals surface area (Å²) in [5.74, 6) is 2.07. The predicted octanol–water partition coefficient (Wildman–Crippen LogP) is 1.28. The van der Waals surface area contributed by atoms with Gasteiger partial charge in [0.05, 0.1) is 0 Å². The third-order valence-electron chi connectivity index (χ3n) is 4.20. The smallest absolute Gasteiger partial charge is 0.223 e. The van der Waals surface area contributed by atoms with Crippen LogP contribution >= 0.6 is 0 Å². The third kappa shape index (κ3) is 2.17. The van der Waals surface area contributed by atoms with Crippen molar-refractivity contribution in [2.24, 2.45) is 23.5 Å². The maximum atomic E-state index is 12.0. The molecule has 1 amide bonds. The largest absolute Gasteiger partial charge is 0.352 e. The summed E-state index contributed by atoms with van der Waals surface area (Å²) in [5, 5.41) is 3.08. The standard InChI is InChI=1S/C12H22N2O/c1-2-10(7-13)14-12(15)11-6-8-3-4-9(11)5-8/h8-11H,2-7,13H2,1H3,(H,14,15). The lowest BCUT2D eigenvalue weighted by molar-refractivity contribution is -0.127. The number of hydrogen-bond acceptors (Lipinski definition) is 2. The van der Waals surface area contributed by atoms with E-state index in [4.69, 9.17) is 5.73 Å². The summed E-state index contributed by atoms with van der Waals surface area (Å²) in [7, 11) is 0. The lowest BCUT2D eigenvalue weighted by atomic mass is 9.88. The van der Waals surface area contributed by atoms with Crippen LogP contribution in [0.2, 0.25) is 0 Å². The van der Waals surface area contributed by atoms with Crippen molar-refractivity contribution < 1.29 is 4.79 Å². The average molecular weight is 210 g/mol. The van der Waals surface area contributed by atoms with Gasteiger partial charge in [0.2, 0.25) is 5.91 Å². The highest BCUT2D eigenvalue weighted by Crippen LogP contribution is 2.48. The van der Waals surface area contributed by atoms with Crippen molar-refractivity contribution in [1.29, 1.82) is 0 Å². The fourth-order valence-corrected chi connectivity index (χ4v) is 3.20. The normalized spacial score (nSPS) is 35.5. The van der Waals surface area contributed by atoms with Crippen LogP contribution in [0.15, 0.2) is 0 Å². The van der Waals surface area contributed by atoms with Crippen molar-refractivity contribution in [3.05, 3.63) is 0 Å². The first-order valence-corrected chi connectivity index (χ1v) is 6.25. The molecule has 0 spiro atoms. The van der Waals surface area contributed by atoms with Gasteiger partial charge in [-0.1, -0.05) is 13.3 Å². The van der Waals surface area contributed by atoms with Gasteiger partial charge in [0.1, 0.15) is 0 Å². The summed E-state index contributed by atoms with van der Waals surface area (Å²) in [6, 6.07) is 0.177. The molecule has 2 rings (SSSR count). The zero-order valence-corrected chi connectivity index (χ0v) is 9.54. The molecule has 2 bridgehead atoms. The van der Waals surface area contributed by atoms with E-state index in [1.165, 1.54) is 19.3 Å². The summed E-state index contributed by atoms with van der Waals surface area (Å²) in [4.78, 5) is 12.0. The van der Waals surface area contributed by atoms with Crippen LogP contribution in [0, 0.1) is 17.8 Å². The Kier molecular flexibility index (Phi) is 3.29. The fraction of sp³-hybridized carbons (Fsp3) is 0.917. The highest BCUT2D eigenvalue weighted by atomic mass is 16.2. The zero-order valence-electron chi connectivity index (χ0n) is 9.54. The van der Waals surface area contributed by atoms with Crippen molar-refractivity contribution in [1.82, 2.24) is 5.32 Å². The number of amides is 1. The SMILES string of the molecule is CCC(CN)NC(=O)C1CC2CCC1C2. The minimum absolute atomic E-state index is 0.177. The number of nitrogens with two attached hydrogens (primary N) is 1. The highest BCUT2D eigenvalue weighted by Gasteiger charge is 2.43. The molecule has 3 nitrogen and oxygen atoms in total. The number of carbonyl (C=O) groups is 1. The molecular formula is C12H22N2O. The summed E-state index contributed by atoms with van der Waals surface area (Å²) < 4.78 is 0. The topological polar surface area (TPSA) is 55.1 Å². The fourth-order valence-electron chi connectivity index (χ4n) is 3.20. The van der Waals surface area contributed by atoms with E-state index < -0.39 is 0 Å². The van der Waals surface area contributed by atoms with Crippen LogP contribution in [0.5, 0.6) is 0 Å². The molecule has 4 unspecified atom stereocenters. The Labute approximate surface area is 91.8 Å². The molecule has 2 saturated carbocycles. The molecule has 3 heteroatoms. The first-order chi connectivity index (χ1) is 7.24. The highest BCUT2D eigenvalue weighted by molar-refractivity contribution is 5.79. The minimum Gasteiger partial charge on any atom is -0.352 e. The van der Waals surface area contributed by atoms with Gasteiger partial charge in [-0.15, -0.1) is 0 Å². The van der Waals surface area contributed by atoms with Crippen molar-refractivity contribution in [3.8, 4) is 0 Å². The van der Waals surface area contributed by atoms with Gasteiger partial charge in [-0.25, -0.2) is 0 Å². The Hall–Kier alpha value is -0.570. The van der Waals surface area contributed by atoms with Crippen molar-refractivity contribution >= 4 is 5.91 Å². The summed E-state index contributed by atoms with van der Waals surface area (Å²) in [6.45, 7) is 2.63. The lowest BCUT2D eigenvalue weighted by Crippen LogP contribution is -2.43. The van der Waals surface area contributed by atoms with Crippen molar-refractivity contribution in [2.45, 2.75) is 45.1 Å². The molecule has 0 aliphatic heterocycles. The van der Waals surface area contributed by atoms with Crippen LogP contribution in [0.4, 0.5) is 0 Å². The van der Waals surface area contributed by atoms with E-state index in [1.54, 1.807) is 0 Å². The molecule has 0 aromatic carbocycles. The van der Waals surface area contributed by atoms with Crippen LogP contribution in [-0.4, -0.2) is 18.5 Å². The first kappa shape index (κ1) is 10.9. The van der Waals surface area contributed by atoms with Gasteiger partial charge < -0.3 is 11.1 Å². The average Bonchev–Trinajstić information content (AvgIpc) is 2.87. The second-order valence-corrected chi connectivity index (χ2v) is 5.13. The zero-order chi connectivity index (χ0) is 10.8. The van der Waals surface area contributed by atoms with Gasteiger partial charge in [-0.3, -0.25) is 4.79 Å². The molecule has 0 saturated heterocycles. The molecule has 15 heavy (non-hydrogen) atoms. The summed E-state index contributed by atoms with van der Waals surface area (Å²) in [5.41, 5.74) is 5.59.